The summed E-state index contributed by atoms with van der Waals surface area (Å²) in [7, 11) is 0. The molecule has 1 heteroatoms. The van der Waals surface area contributed by atoms with Crippen LogP contribution in [0.5, 0.6) is 0 Å². The average Bonchev–Trinajstić information content (AvgIpc) is 2.77. The van der Waals surface area contributed by atoms with Gasteiger partial charge in [0.1, 0.15) is 0 Å². The molecule has 0 saturated heterocycles. The molecule has 0 aromatic rings. The Hall–Kier alpha value is 0.532. The largest absolute Gasteiger partial charge is 3.00 e. The van der Waals surface area contributed by atoms with Gasteiger partial charge < -0.3 is 20.8 Å². The van der Waals surface area contributed by atoms with Gasteiger partial charge in [0.05, 0.1) is 0 Å². The Morgan fingerprint density at radius 1 is 0.290 bits per heavy atom. The summed E-state index contributed by atoms with van der Waals surface area (Å²) in [6.07, 6.45) is 32.8. The van der Waals surface area contributed by atoms with Crippen LogP contribution in [0.1, 0.15) is 175 Å². The predicted octanol–water partition coefficient (Wildman–Crippen LogP) is 11.5. The molecule has 0 atom stereocenters. The van der Waals surface area contributed by atoms with Gasteiger partial charge in [-0.2, -0.15) is 19.3 Å². The summed E-state index contributed by atoms with van der Waals surface area (Å²) in [6.45, 7) is 18.2. The molecule has 0 radical (unpaired) electrons. The summed E-state index contributed by atoms with van der Waals surface area (Å²) in [5.74, 6) is 0. The van der Waals surface area contributed by atoms with Crippen molar-refractivity contribution in [1.82, 2.24) is 0 Å². The summed E-state index contributed by atoms with van der Waals surface area (Å²) in [5.41, 5.74) is 0. The summed E-state index contributed by atoms with van der Waals surface area (Å²) >= 11 is 0. The molecule has 0 N–H and O–H groups in total. The van der Waals surface area contributed by atoms with Crippen LogP contribution in [-0.2, 0) is 0 Å². The summed E-state index contributed by atoms with van der Waals surface area (Å²) in [6, 6.07) is 0. The Morgan fingerprint density at radius 3 is 0.613 bits per heavy atom. The molecule has 0 aromatic heterocycles. The number of unbranched alkanes of at least 4 members (excludes halogenated alkanes) is 21. The Labute approximate surface area is 212 Å². The molecule has 186 valence electrons. The third kappa shape index (κ3) is 53.6. The number of hydrogen-bond acceptors (Lipinski definition) is 0. The van der Waals surface area contributed by atoms with E-state index in [1.807, 2.05) is 0 Å². The fourth-order valence-corrected chi connectivity index (χ4v) is 3.40. The van der Waals surface area contributed by atoms with Crippen LogP contribution in [0.2, 0.25) is 0 Å². The Balaban J connectivity index is -0.000000174. The number of hydrogen-bond donors (Lipinski definition) is 0. The normalized spacial score (nSPS) is 9.87. The third-order valence-corrected chi connectivity index (χ3v) is 5.56. The summed E-state index contributed by atoms with van der Waals surface area (Å²) in [4.78, 5) is 0. The minimum atomic E-state index is 0. The molecule has 31 heavy (non-hydrogen) atoms. The Morgan fingerprint density at radius 2 is 0.452 bits per heavy atom. The van der Waals surface area contributed by atoms with E-state index in [0.29, 0.717) is 0 Å². The zero-order valence-electron chi connectivity index (χ0n) is 22.7. The molecule has 0 aliphatic carbocycles. The second kappa shape index (κ2) is 44.2. The average molecular weight is 451 g/mol. The fourth-order valence-electron chi connectivity index (χ4n) is 3.40. The third-order valence-electron chi connectivity index (χ3n) is 5.56. The van der Waals surface area contributed by atoms with Gasteiger partial charge in [0.15, 0.2) is 0 Å². The molecule has 0 rings (SSSR count). The second-order valence-corrected chi connectivity index (χ2v) is 8.92. The van der Waals surface area contributed by atoms with Crippen molar-refractivity contribution in [1.29, 1.82) is 0 Å². The topological polar surface area (TPSA) is 0 Å². The van der Waals surface area contributed by atoms with Crippen molar-refractivity contribution in [3.8, 4) is 0 Å². The van der Waals surface area contributed by atoms with E-state index in [0.717, 1.165) is 19.3 Å². The Bertz CT molecular complexity index is 164. The molecule has 0 aliphatic rings. The second-order valence-electron chi connectivity index (χ2n) is 8.92. The van der Waals surface area contributed by atoms with E-state index in [1.54, 1.807) is 0 Å². The Kier molecular flexibility index (Phi) is 55.3. The van der Waals surface area contributed by atoms with Crippen molar-refractivity contribution in [2.24, 2.45) is 0 Å². The van der Waals surface area contributed by atoms with E-state index in [9.17, 15) is 0 Å². The summed E-state index contributed by atoms with van der Waals surface area (Å²) < 4.78 is 0. The molecule has 0 aromatic carbocycles. The molecule has 0 nitrogen and oxygen atoms in total. The minimum Gasteiger partial charge on any atom is -0.343 e. The van der Waals surface area contributed by atoms with Gasteiger partial charge in [-0.1, -0.05) is 156 Å². The molecule has 0 unspecified atom stereocenters. The molecule has 0 aliphatic heterocycles. The quantitative estimate of drug-likeness (QED) is 0.0926. The maximum Gasteiger partial charge on any atom is 3.00 e. The predicted molar refractivity (Wildman–Crippen MR) is 150 cm³/mol. The zero-order valence-corrected chi connectivity index (χ0v) is 23.8. The van der Waals surface area contributed by atoms with E-state index < -0.39 is 0 Å². The minimum absolute atomic E-state index is 0. The van der Waals surface area contributed by atoms with Gasteiger partial charge in [0, 0.05) is 0 Å². The van der Waals surface area contributed by atoms with Crippen molar-refractivity contribution in [2.45, 2.75) is 175 Å². The monoisotopic (exact) mass is 450 g/mol. The molecule has 0 saturated carbocycles. The van der Waals surface area contributed by atoms with Crippen LogP contribution in [0.4, 0.5) is 0 Å². The molecule has 0 amide bonds. The smallest absolute Gasteiger partial charge is 0.343 e. The van der Waals surface area contributed by atoms with E-state index in [4.69, 9.17) is 0 Å². The van der Waals surface area contributed by atoms with Crippen LogP contribution >= 0.6 is 0 Å². The molecule has 0 bridgehead atoms. The van der Waals surface area contributed by atoms with Crippen molar-refractivity contribution in [3.05, 3.63) is 20.8 Å². The fraction of sp³-hybridized carbons (Fsp3) is 0.900. The van der Waals surface area contributed by atoms with Gasteiger partial charge in [-0.3, -0.25) is 0 Å². The molecule has 0 heterocycles. The van der Waals surface area contributed by atoms with Gasteiger partial charge in [0.25, 0.3) is 0 Å². The maximum atomic E-state index is 3.82. The summed E-state index contributed by atoms with van der Waals surface area (Å²) in [5, 5.41) is 0. The van der Waals surface area contributed by atoms with Crippen LogP contribution in [0.3, 0.4) is 0 Å². The zero-order chi connectivity index (χ0) is 23.0. The van der Waals surface area contributed by atoms with Crippen molar-refractivity contribution in [3.63, 3.8) is 0 Å². The van der Waals surface area contributed by atoms with E-state index in [2.05, 4.69) is 41.5 Å². The van der Waals surface area contributed by atoms with Gasteiger partial charge >= 0.3 is 17.4 Å². The molecule has 0 fully saturated rings. The van der Waals surface area contributed by atoms with Crippen LogP contribution in [-0.4, -0.2) is 17.4 Å². The first-order valence-corrected chi connectivity index (χ1v) is 14.1. The van der Waals surface area contributed by atoms with Crippen molar-refractivity contribution < 1.29 is 0 Å². The first-order chi connectivity index (χ1) is 14.7. The van der Waals surface area contributed by atoms with Crippen LogP contribution in [0.25, 0.3) is 0 Å². The maximum absolute atomic E-state index is 3.82. The van der Waals surface area contributed by atoms with Crippen LogP contribution < -0.4 is 0 Å². The molecule has 0 spiro atoms. The van der Waals surface area contributed by atoms with Gasteiger partial charge in [-0.25, -0.2) is 0 Å². The first kappa shape index (κ1) is 38.8. The standard InChI is InChI=1S/3C10H21.Al/c3*1-3-5-7-9-10-8-6-4-2;/h3*1,3-10H2,2H3;/q3*-1;+3. The molecular weight excluding hydrogens is 387 g/mol. The van der Waals surface area contributed by atoms with Gasteiger partial charge in [-0.05, 0) is 0 Å². The van der Waals surface area contributed by atoms with Crippen molar-refractivity contribution >= 4 is 17.4 Å². The first-order valence-electron chi connectivity index (χ1n) is 14.1. The number of rotatable bonds is 21. The SMILES string of the molecule is [Al+3].[CH2-]CCCCCCCCC.[CH2-]CCCCCCCCC.[CH2-]CCCCCCCCC. The van der Waals surface area contributed by atoms with E-state index in [1.165, 1.54) is 135 Å². The molecular formula is C30H63Al. The van der Waals surface area contributed by atoms with Crippen LogP contribution in [0.15, 0.2) is 0 Å². The van der Waals surface area contributed by atoms with Gasteiger partial charge in [-0.15, -0.1) is 0 Å². The van der Waals surface area contributed by atoms with Gasteiger partial charge in [0.2, 0.25) is 0 Å². The van der Waals surface area contributed by atoms with Crippen molar-refractivity contribution in [2.75, 3.05) is 0 Å². The van der Waals surface area contributed by atoms with Crippen LogP contribution in [0, 0.1) is 20.8 Å². The van der Waals surface area contributed by atoms with E-state index in [-0.39, 0.29) is 17.4 Å². The van der Waals surface area contributed by atoms with E-state index >= 15 is 0 Å².